The zero-order chi connectivity index (χ0) is 21.3. The second kappa shape index (κ2) is 10.9. The van der Waals surface area contributed by atoms with E-state index in [2.05, 4.69) is 5.43 Å². The highest BCUT2D eigenvalue weighted by Crippen LogP contribution is 2.25. The summed E-state index contributed by atoms with van der Waals surface area (Å²) in [4.78, 5) is 25.0. The average Bonchev–Trinajstić information content (AvgIpc) is 2.63. The number of benzene rings is 1. The number of rotatable bonds is 10. The van der Waals surface area contributed by atoms with Crippen LogP contribution in [0.1, 0.15) is 32.3 Å². The van der Waals surface area contributed by atoms with Gasteiger partial charge in [0.15, 0.2) is 0 Å². The Morgan fingerprint density at radius 3 is 2.25 bits per heavy atom. The molecule has 0 saturated heterocycles. The summed E-state index contributed by atoms with van der Waals surface area (Å²) in [5.74, 6) is -2.90. The van der Waals surface area contributed by atoms with E-state index in [4.69, 9.17) is 5.21 Å². The lowest BCUT2D eigenvalue weighted by molar-refractivity contribution is -0.141. The predicted molar refractivity (Wildman–Crippen MR) is 107 cm³/mol. The van der Waals surface area contributed by atoms with Gasteiger partial charge in [0, 0.05) is 7.05 Å². The first-order valence-corrected chi connectivity index (χ1v) is 10.8. The number of hydrogen-bond acceptors (Lipinski definition) is 5. The Balaban J connectivity index is 3.05. The van der Waals surface area contributed by atoms with E-state index in [0.29, 0.717) is 6.42 Å². The van der Waals surface area contributed by atoms with Crippen LogP contribution in [0, 0.1) is 17.8 Å². The fourth-order valence-corrected chi connectivity index (χ4v) is 2.99. The fraction of sp³-hybridized carbons (Fsp3) is 0.474. The van der Waals surface area contributed by atoms with Crippen molar-refractivity contribution in [3.8, 4) is 0 Å². The number of allylic oxidation sites excluding steroid dienone is 1. The van der Waals surface area contributed by atoms with Gasteiger partial charge in [0.1, 0.15) is 0 Å². The summed E-state index contributed by atoms with van der Waals surface area (Å²) in [6, 6.07) is 9.45. The van der Waals surface area contributed by atoms with E-state index < -0.39 is 33.7 Å². The topological polar surface area (TPSA) is 116 Å². The van der Waals surface area contributed by atoms with Gasteiger partial charge in [-0.2, -0.15) is 0 Å². The molecule has 3 N–H and O–H groups in total. The smallest absolute Gasteiger partial charge is 0.247 e. The van der Waals surface area contributed by atoms with Gasteiger partial charge < -0.3 is 0 Å². The summed E-state index contributed by atoms with van der Waals surface area (Å²) in [5.41, 5.74) is 4.87. The Labute approximate surface area is 166 Å². The fourth-order valence-electron chi connectivity index (χ4n) is 2.73. The van der Waals surface area contributed by atoms with Gasteiger partial charge >= 0.3 is 0 Å². The lowest BCUT2D eigenvalue weighted by atomic mass is 9.82. The second-order valence-corrected chi connectivity index (χ2v) is 9.09. The van der Waals surface area contributed by atoms with E-state index in [1.54, 1.807) is 11.6 Å². The number of sulfonamides is 1. The molecule has 0 aliphatic rings. The van der Waals surface area contributed by atoms with E-state index in [1.165, 1.54) is 7.05 Å². The Bertz CT molecular complexity index is 778. The molecule has 0 unspecified atom stereocenters. The molecule has 0 fully saturated rings. The highest BCUT2D eigenvalue weighted by Gasteiger charge is 2.34. The first-order valence-electron chi connectivity index (χ1n) is 8.96. The zero-order valence-electron chi connectivity index (χ0n) is 16.6. The van der Waals surface area contributed by atoms with Crippen LogP contribution in [0.4, 0.5) is 0 Å². The normalized spacial score (nSPS) is 14.2. The van der Waals surface area contributed by atoms with Crippen molar-refractivity contribution in [1.29, 1.82) is 0 Å². The highest BCUT2D eigenvalue weighted by molar-refractivity contribution is 7.88. The van der Waals surface area contributed by atoms with E-state index in [-0.39, 0.29) is 12.3 Å². The molecule has 0 aromatic heterocycles. The van der Waals surface area contributed by atoms with Gasteiger partial charge in [0.2, 0.25) is 21.8 Å². The van der Waals surface area contributed by atoms with Crippen molar-refractivity contribution in [2.75, 3.05) is 13.3 Å². The van der Waals surface area contributed by atoms with Crippen molar-refractivity contribution in [1.82, 2.24) is 15.3 Å². The van der Waals surface area contributed by atoms with Crippen LogP contribution in [0.5, 0.6) is 0 Å². The molecule has 0 heterocycles. The first kappa shape index (κ1) is 23.8. The molecule has 8 nitrogen and oxygen atoms in total. The molecule has 2 atom stereocenters. The molecular weight excluding hydrogens is 382 g/mol. The standard InChI is InChI=1S/C19H29N3O5S/c1-14(2)13-17(18(23)20-22(3)28(4,26)27)16(19(24)21-25)12-8-11-15-9-6-5-7-10-15/h5-11,14,16-17,25H,12-13H2,1-4H3,(H,20,23)(H,21,24)/t16-,17+/m0/s1. The summed E-state index contributed by atoms with van der Waals surface area (Å²) in [6.07, 6.45) is 5.10. The van der Waals surface area contributed by atoms with Crippen LogP contribution in [0.25, 0.3) is 6.08 Å². The molecule has 2 amide bonds. The molecule has 156 valence electrons. The van der Waals surface area contributed by atoms with E-state index in [0.717, 1.165) is 16.2 Å². The molecule has 0 bridgehead atoms. The zero-order valence-corrected chi connectivity index (χ0v) is 17.4. The molecule has 28 heavy (non-hydrogen) atoms. The highest BCUT2D eigenvalue weighted by atomic mass is 32.2. The first-order chi connectivity index (χ1) is 13.1. The minimum absolute atomic E-state index is 0.0754. The molecule has 0 radical (unpaired) electrons. The number of hydroxylamine groups is 1. The summed E-state index contributed by atoms with van der Waals surface area (Å²) in [5, 5.41) is 9.14. The molecule has 0 saturated carbocycles. The third-order valence-corrected chi connectivity index (χ3v) is 5.35. The van der Waals surface area contributed by atoms with Gasteiger partial charge in [0.05, 0.1) is 18.1 Å². The summed E-state index contributed by atoms with van der Waals surface area (Å²) in [7, 11) is -2.41. The molecule has 1 aromatic carbocycles. The number of carbonyl (C=O) groups excluding carboxylic acids is 2. The summed E-state index contributed by atoms with van der Waals surface area (Å²) in [6.45, 7) is 3.79. The largest absolute Gasteiger partial charge is 0.289 e. The Morgan fingerprint density at radius 2 is 1.75 bits per heavy atom. The van der Waals surface area contributed by atoms with Gasteiger partial charge in [-0.15, -0.1) is 4.41 Å². The second-order valence-electron chi connectivity index (χ2n) is 7.07. The Hall–Kier alpha value is -2.23. The molecule has 1 aromatic rings. The van der Waals surface area contributed by atoms with Gasteiger partial charge in [-0.25, -0.2) is 13.9 Å². The quantitative estimate of drug-likeness (QED) is 0.401. The van der Waals surface area contributed by atoms with Crippen molar-refractivity contribution < 1.29 is 23.2 Å². The maximum atomic E-state index is 12.7. The third-order valence-electron chi connectivity index (χ3n) is 4.26. The maximum Gasteiger partial charge on any atom is 0.247 e. The summed E-state index contributed by atoms with van der Waals surface area (Å²) < 4.78 is 23.9. The predicted octanol–water partition coefficient (Wildman–Crippen LogP) is 1.80. The van der Waals surface area contributed by atoms with E-state index >= 15 is 0 Å². The van der Waals surface area contributed by atoms with Crippen LogP contribution in [-0.4, -0.2) is 43.2 Å². The number of hydrazine groups is 1. The number of hydrogen-bond donors (Lipinski definition) is 3. The SMILES string of the molecule is CC(C)C[C@@H](C(=O)NN(C)S(C)(=O)=O)[C@H](CC=Cc1ccccc1)C(=O)NO. The Morgan fingerprint density at radius 1 is 1.14 bits per heavy atom. The average molecular weight is 412 g/mol. The lowest BCUT2D eigenvalue weighted by Gasteiger charge is -2.27. The van der Waals surface area contributed by atoms with Gasteiger partial charge in [-0.3, -0.25) is 20.2 Å². The monoisotopic (exact) mass is 411 g/mol. The van der Waals surface area contributed by atoms with Gasteiger partial charge in [-0.1, -0.05) is 56.3 Å². The van der Waals surface area contributed by atoms with Crippen molar-refractivity contribution in [2.45, 2.75) is 26.7 Å². The molecule has 0 aliphatic carbocycles. The molecule has 0 spiro atoms. The maximum absolute atomic E-state index is 12.7. The van der Waals surface area contributed by atoms with Crippen LogP contribution in [0.3, 0.4) is 0 Å². The lowest BCUT2D eigenvalue weighted by Crippen LogP contribution is -2.49. The summed E-state index contributed by atoms with van der Waals surface area (Å²) >= 11 is 0. The van der Waals surface area contributed by atoms with E-state index in [9.17, 15) is 18.0 Å². The van der Waals surface area contributed by atoms with Crippen LogP contribution < -0.4 is 10.9 Å². The van der Waals surface area contributed by atoms with Crippen molar-refractivity contribution >= 4 is 27.9 Å². The van der Waals surface area contributed by atoms with Crippen LogP contribution in [0.15, 0.2) is 36.4 Å². The third kappa shape index (κ3) is 7.79. The number of nitrogens with one attached hydrogen (secondary N) is 2. The van der Waals surface area contributed by atoms with Crippen LogP contribution in [0.2, 0.25) is 0 Å². The van der Waals surface area contributed by atoms with Crippen molar-refractivity contribution in [3.05, 3.63) is 42.0 Å². The number of nitrogens with zero attached hydrogens (tertiary/aromatic N) is 1. The van der Waals surface area contributed by atoms with Crippen molar-refractivity contribution in [3.63, 3.8) is 0 Å². The van der Waals surface area contributed by atoms with Crippen LogP contribution >= 0.6 is 0 Å². The Kier molecular flexibility index (Phi) is 9.30. The van der Waals surface area contributed by atoms with E-state index in [1.807, 2.05) is 50.3 Å². The molecule has 1 rings (SSSR count). The number of amides is 2. The van der Waals surface area contributed by atoms with Crippen LogP contribution in [-0.2, 0) is 19.6 Å². The molecular formula is C19H29N3O5S. The minimum atomic E-state index is -3.63. The molecule has 9 heteroatoms. The number of carbonyl (C=O) groups is 2. The van der Waals surface area contributed by atoms with Crippen molar-refractivity contribution in [2.24, 2.45) is 17.8 Å². The minimum Gasteiger partial charge on any atom is -0.289 e. The van der Waals surface area contributed by atoms with Gasteiger partial charge in [-0.05, 0) is 24.3 Å². The van der Waals surface area contributed by atoms with Gasteiger partial charge in [0.25, 0.3) is 0 Å². The molecule has 0 aliphatic heterocycles.